The largest absolute Gasteiger partial charge is 0.496 e. The van der Waals surface area contributed by atoms with Gasteiger partial charge in [0.15, 0.2) is 0 Å². The summed E-state index contributed by atoms with van der Waals surface area (Å²) in [4.78, 5) is 0. The predicted octanol–water partition coefficient (Wildman–Crippen LogP) is 2.84. The summed E-state index contributed by atoms with van der Waals surface area (Å²) in [7, 11) is 1.53. The Morgan fingerprint density at radius 1 is 1.44 bits per heavy atom. The van der Waals surface area contributed by atoms with Gasteiger partial charge in [0.05, 0.1) is 12.7 Å². The quantitative estimate of drug-likeness (QED) is 0.855. The molecule has 1 aliphatic rings. The van der Waals surface area contributed by atoms with Gasteiger partial charge in [0, 0.05) is 11.0 Å². The Hall–Kier alpha value is -1.09. The van der Waals surface area contributed by atoms with Crippen molar-refractivity contribution in [3.05, 3.63) is 29.6 Å². The molecule has 1 atom stereocenters. The van der Waals surface area contributed by atoms with Gasteiger partial charge in [0.2, 0.25) is 0 Å². The number of rotatable bonds is 3. The van der Waals surface area contributed by atoms with Gasteiger partial charge in [-0.2, -0.15) is 0 Å². The first kappa shape index (κ1) is 11.4. The first-order chi connectivity index (χ1) is 7.40. The number of benzene rings is 1. The molecule has 0 aromatic heterocycles. The van der Waals surface area contributed by atoms with Crippen LogP contribution in [0.15, 0.2) is 18.2 Å². The SMILES string of the molecule is COc1ccc(F)cc1C(C)(O)C1(C)CC1. The van der Waals surface area contributed by atoms with Crippen LogP contribution in [-0.2, 0) is 5.60 Å². The van der Waals surface area contributed by atoms with Gasteiger partial charge >= 0.3 is 0 Å². The van der Waals surface area contributed by atoms with Crippen LogP contribution < -0.4 is 4.74 Å². The number of halogens is 1. The van der Waals surface area contributed by atoms with Crippen LogP contribution in [0.4, 0.5) is 4.39 Å². The predicted molar refractivity (Wildman–Crippen MR) is 59.9 cm³/mol. The van der Waals surface area contributed by atoms with Crippen LogP contribution in [0.25, 0.3) is 0 Å². The Labute approximate surface area is 95.1 Å². The fourth-order valence-corrected chi connectivity index (χ4v) is 2.06. The van der Waals surface area contributed by atoms with E-state index in [1.807, 2.05) is 6.92 Å². The van der Waals surface area contributed by atoms with Crippen LogP contribution in [-0.4, -0.2) is 12.2 Å². The number of aliphatic hydroxyl groups is 1. The normalized spacial score (nSPS) is 21.3. The molecule has 2 rings (SSSR count). The van der Waals surface area contributed by atoms with Crippen molar-refractivity contribution in [1.29, 1.82) is 0 Å². The summed E-state index contributed by atoms with van der Waals surface area (Å²) in [6.07, 6.45) is 1.92. The van der Waals surface area contributed by atoms with Crippen LogP contribution in [0.2, 0.25) is 0 Å². The smallest absolute Gasteiger partial charge is 0.125 e. The van der Waals surface area contributed by atoms with E-state index < -0.39 is 5.60 Å². The molecule has 1 aromatic rings. The summed E-state index contributed by atoms with van der Waals surface area (Å²) in [5.41, 5.74) is -0.663. The molecular weight excluding hydrogens is 207 g/mol. The second kappa shape index (κ2) is 3.45. The third-order valence-electron chi connectivity index (χ3n) is 3.86. The molecule has 0 bridgehead atoms. The van der Waals surface area contributed by atoms with E-state index in [-0.39, 0.29) is 11.2 Å². The third kappa shape index (κ3) is 1.59. The molecule has 0 aliphatic heterocycles. The van der Waals surface area contributed by atoms with Gasteiger partial charge in [-0.15, -0.1) is 0 Å². The fraction of sp³-hybridized carbons (Fsp3) is 0.538. The van der Waals surface area contributed by atoms with Crippen LogP contribution in [0, 0.1) is 11.2 Å². The van der Waals surface area contributed by atoms with E-state index in [2.05, 4.69) is 0 Å². The van der Waals surface area contributed by atoms with Crippen molar-refractivity contribution in [2.24, 2.45) is 5.41 Å². The van der Waals surface area contributed by atoms with Crippen molar-refractivity contribution < 1.29 is 14.2 Å². The lowest BCUT2D eigenvalue weighted by molar-refractivity contribution is -0.0148. The summed E-state index contributed by atoms with van der Waals surface area (Å²) in [6, 6.07) is 4.26. The zero-order valence-corrected chi connectivity index (χ0v) is 9.88. The topological polar surface area (TPSA) is 29.5 Å². The number of methoxy groups -OCH3 is 1. The molecule has 0 saturated heterocycles. The lowest BCUT2D eigenvalue weighted by atomic mass is 9.81. The molecule has 0 radical (unpaired) electrons. The zero-order chi connectivity index (χ0) is 12.0. The van der Waals surface area contributed by atoms with E-state index in [4.69, 9.17) is 4.74 Å². The summed E-state index contributed by atoms with van der Waals surface area (Å²) >= 11 is 0. The first-order valence-corrected chi connectivity index (χ1v) is 5.47. The summed E-state index contributed by atoms with van der Waals surface area (Å²) < 4.78 is 18.4. The highest BCUT2D eigenvalue weighted by Gasteiger charge is 2.54. The minimum absolute atomic E-state index is 0.159. The number of hydrogen-bond donors (Lipinski definition) is 1. The number of ether oxygens (including phenoxy) is 1. The van der Waals surface area contributed by atoms with Crippen LogP contribution in [0.1, 0.15) is 32.3 Å². The Balaban J connectivity index is 2.49. The standard InChI is InChI=1S/C13H17FO2/c1-12(6-7-12)13(2,15)10-8-9(14)4-5-11(10)16-3/h4-5,8,15H,6-7H2,1-3H3. The molecule has 2 nitrogen and oxygen atoms in total. The van der Waals surface area contributed by atoms with E-state index in [1.165, 1.54) is 19.2 Å². The summed E-state index contributed by atoms with van der Waals surface area (Å²) in [6.45, 7) is 3.74. The second-order valence-corrected chi connectivity index (χ2v) is 4.98. The van der Waals surface area contributed by atoms with Gasteiger partial charge in [-0.25, -0.2) is 4.39 Å². The fourth-order valence-electron chi connectivity index (χ4n) is 2.06. The summed E-state index contributed by atoms with van der Waals surface area (Å²) in [5.74, 6) is 0.194. The molecule has 3 heteroatoms. The molecule has 1 aromatic carbocycles. The van der Waals surface area contributed by atoms with Crippen molar-refractivity contribution in [3.63, 3.8) is 0 Å². The first-order valence-electron chi connectivity index (χ1n) is 5.47. The van der Waals surface area contributed by atoms with E-state index >= 15 is 0 Å². The van der Waals surface area contributed by atoms with Crippen molar-refractivity contribution >= 4 is 0 Å². The molecule has 88 valence electrons. The molecule has 0 heterocycles. The van der Waals surface area contributed by atoms with Crippen molar-refractivity contribution in [3.8, 4) is 5.75 Å². The molecule has 1 N–H and O–H groups in total. The maximum absolute atomic E-state index is 13.3. The summed E-state index contributed by atoms with van der Waals surface area (Å²) in [5, 5.41) is 10.6. The van der Waals surface area contributed by atoms with Gasteiger partial charge in [-0.3, -0.25) is 0 Å². The van der Waals surface area contributed by atoms with Crippen LogP contribution >= 0.6 is 0 Å². The van der Waals surface area contributed by atoms with Gasteiger partial charge in [0.1, 0.15) is 11.6 Å². The van der Waals surface area contributed by atoms with Crippen molar-refractivity contribution in [2.45, 2.75) is 32.3 Å². The third-order valence-corrected chi connectivity index (χ3v) is 3.86. The van der Waals surface area contributed by atoms with E-state index in [1.54, 1.807) is 13.0 Å². The molecule has 0 amide bonds. The monoisotopic (exact) mass is 224 g/mol. The molecule has 1 fully saturated rings. The second-order valence-electron chi connectivity index (χ2n) is 4.98. The van der Waals surface area contributed by atoms with Crippen LogP contribution in [0.5, 0.6) is 5.75 Å². The molecule has 1 aliphatic carbocycles. The van der Waals surface area contributed by atoms with Gasteiger partial charge < -0.3 is 9.84 Å². The maximum Gasteiger partial charge on any atom is 0.125 e. The Morgan fingerprint density at radius 3 is 2.56 bits per heavy atom. The number of hydrogen-bond acceptors (Lipinski definition) is 2. The minimum Gasteiger partial charge on any atom is -0.496 e. The lowest BCUT2D eigenvalue weighted by Crippen LogP contribution is -2.32. The molecule has 16 heavy (non-hydrogen) atoms. The average molecular weight is 224 g/mol. The highest BCUT2D eigenvalue weighted by atomic mass is 19.1. The lowest BCUT2D eigenvalue weighted by Gasteiger charge is -2.32. The Bertz CT molecular complexity index is 408. The van der Waals surface area contributed by atoms with E-state index in [0.29, 0.717) is 11.3 Å². The van der Waals surface area contributed by atoms with Gasteiger partial charge in [-0.1, -0.05) is 6.92 Å². The molecule has 1 saturated carbocycles. The highest BCUT2D eigenvalue weighted by molar-refractivity contribution is 5.40. The zero-order valence-electron chi connectivity index (χ0n) is 9.88. The van der Waals surface area contributed by atoms with E-state index in [0.717, 1.165) is 12.8 Å². The van der Waals surface area contributed by atoms with Gasteiger partial charge in [-0.05, 0) is 38.0 Å². The molecule has 0 spiro atoms. The maximum atomic E-state index is 13.3. The Kier molecular flexibility index (Phi) is 2.46. The minimum atomic E-state index is -1.04. The average Bonchev–Trinajstić information content (AvgIpc) is 2.98. The van der Waals surface area contributed by atoms with Gasteiger partial charge in [0.25, 0.3) is 0 Å². The van der Waals surface area contributed by atoms with Crippen molar-refractivity contribution in [1.82, 2.24) is 0 Å². The van der Waals surface area contributed by atoms with E-state index in [9.17, 15) is 9.50 Å². The Morgan fingerprint density at radius 2 is 2.06 bits per heavy atom. The van der Waals surface area contributed by atoms with Crippen molar-refractivity contribution in [2.75, 3.05) is 7.11 Å². The van der Waals surface area contributed by atoms with Crippen LogP contribution in [0.3, 0.4) is 0 Å². The highest BCUT2D eigenvalue weighted by Crippen LogP contribution is 2.59. The molecule has 1 unspecified atom stereocenters. The molecular formula is C13H17FO2.